The summed E-state index contributed by atoms with van der Waals surface area (Å²) in [7, 11) is 0. The molecule has 2 heterocycles. The topological polar surface area (TPSA) is 47.0 Å². The van der Waals surface area contributed by atoms with E-state index in [0.717, 1.165) is 50.2 Å². The minimum absolute atomic E-state index is 0.611. The molecule has 18 heavy (non-hydrogen) atoms. The Bertz CT molecular complexity index is 412. The lowest BCUT2D eigenvalue weighted by Gasteiger charge is -2.10. The molecule has 2 fully saturated rings. The summed E-state index contributed by atoms with van der Waals surface area (Å²) < 4.78 is 5.39. The first-order chi connectivity index (χ1) is 8.81. The van der Waals surface area contributed by atoms with Crippen LogP contribution in [0.3, 0.4) is 0 Å². The summed E-state index contributed by atoms with van der Waals surface area (Å²) in [6, 6.07) is 0.736. The molecule has 1 aliphatic carbocycles. The summed E-state index contributed by atoms with van der Waals surface area (Å²) in [6.45, 7) is 4.75. The molecule has 1 aliphatic heterocycles. The second-order valence-electron chi connectivity index (χ2n) is 5.49. The molecule has 1 atom stereocenters. The number of rotatable bonds is 5. The standard InChI is InChI=1S/C14H21N3O/c1-10-12(7-15-13-2-3-13)8-16-14(17-10)6-11-4-5-18-9-11/h8,11,13,15H,2-7,9H2,1H3. The van der Waals surface area contributed by atoms with Gasteiger partial charge >= 0.3 is 0 Å². The fourth-order valence-corrected chi connectivity index (χ4v) is 2.36. The monoisotopic (exact) mass is 247 g/mol. The maximum atomic E-state index is 5.39. The molecule has 98 valence electrons. The summed E-state index contributed by atoms with van der Waals surface area (Å²) in [5.74, 6) is 1.58. The number of hydrogen-bond donors (Lipinski definition) is 1. The van der Waals surface area contributed by atoms with Crippen molar-refractivity contribution in [3.8, 4) is 0 Å². The Morgan fingerprint density at radius 2 is 2.28 bits per heavy atom. The smallest absolute Gasteiger partial charge is 0.128 e. The molecule has 0 amide bonds. The van der Waals surface area contributed by atoms with E-state index in [9.17, 15) is 0 Å². The van der Waals surface area contributed by atoms with Gasteiger partial charge in [0.05, 0.1) is 0 Å². The van der Waals surface area contributed by atoms with Crippen LogP contribution in [0.1, 0.15) is 36.3 Å². The highest BCUT2D eigenvalue weighted by Gasteiger charge is 2.21. The highest BCUT2D eigenvalue weighted by Crippen LogP contribution is 2.20. The van der Waals surface area contributed by atoms with E-state index in [1.54, 1.807) is 0 Å². The summed E-state index contributed by atoms with van der Waals surface area (Å²) in [5.41, 5.74) is 2.35. The van der Waals surface area contributed by atoms with E-state index >= 15 is 0 Å². The first-order valence-corrected chi connectivity index (χ1v) is 6.94. The quantitative estimate of drug-likeness (QED) is 0.859. The summed E-state index contributed by atoms with van der Waals surface area (Å²) >= 11 is 0. The van der Waals surface area contributed by atoms with Crippen molar-refractivity contribution in [2.75, 3.05) is 13.2 Å². The zero-order chi connectivity index (χ0) is 12.4. The molecule has 1 unspecified atom stereocenters. The maximum absolute atomic E-state index is 5.39. The van der Waals surface area contributed by atoms with E-state index in [0.29, 0.717) is 5.92 Å². The van der Waals surface area contributed by atoms with E-state index in [1.165, 1.54) is 18.4 Å². The average Bonchev–Trinajstić information content (AvgIpc) is 3.05. The Morgan fingerprint density at radius 1 is 1.39 bits per heavy atom. The van der Waals surface area contributed by atoms with Crippen LogP contribution >= 0.6 is 0 Å². The first kappa shape index (κ1) is 12.1. The van der Waals surface area contributed by atoms with Gasteiger partial charge in [-0.2, -0.15) is 0 Å². The van der Waals surface area contributed by atoms with Crippen molar-refractivity contribution >= 4 is 0 Å². The van der Waals surface area contributed by atoms with Crippen molar-refractivity contribution in [3.63, 3.8) is 0 Å². The van der Waals surface area contributed by atoms with Gasteiger partial charge in [-0.3, -0.25) is 0 Å². The van der Waals surface area contributed by atoms with Crippen LogP contribution in [0, 0.1) is 12.8 Å². The summed E-state index contributed by atoms with van der Waals surface area (Å²) in [4.78, 5) is 9.12. The number of hydrogen-bond acceptors (Lipinski definition) is 4. The maximum Gasteiger partial charge on any atom is 0.128 e. The van der Waals surface area contributed by atoms with Gasteiger partial charge in [-0.15, -0.1) is 0 Å². The van der Waals surface area contributed by atoms with Crippen LogP contribution in [0.15, 0.2) is 6.20 Å². The van der Waals surface area contributed by atoms with Crippen molar-refractivity contribution in [1.29, 1.82) is 0 Å². The molecule has 1 aromatic heterocycles. The Hall–Kier alpha value is -1.00. The second-order valence-corrected chi connectivity index (χ2v) is 5.49. The zero-order valence-corrected chi connectivity index (χ0v) is 11.0. The summed E-state index contributed by atoms with van der Waals surface area (Å²) in [6.07, 6.45) is 6.73. The minimum Gasteiger partial charge on any atom is -0.381 e. The molecule has 3 rings (SSSR count). The van der Waals surface area contributed by atoms with Crippen LogP contribution in [-0.2, 0) is 17.7 Å². The molecule has 4 heteroatoms. The van der Waals surface area contributed by atoms with Crippen molar-refractivity contribution in [2.45, 2.75) is 45.2 Å². The Kier molecular flexibility index (Phi) is 3.57. The lowest BCUT2D eigenvalue weighted by Crippen LogP contribution is -2.17. The van der Waals surface area contributed by atoms with Crippen LogP contribution in [0.5, 0.6) is 0 Å². The highest BCUT2D eigenvalue weighted by atomic mass is 16.5. The van der Waals surface area contributed by atoms with Gasteiger partial charge in [-0.25, -0.2) is 9.97 Å². The minimum atomic E-state index is 0.611. The summed E-state index contributed by atoms with van der Waals surface area (Å²) in [5, 5.41) is 3.51. The number of nitrogens with zero attached hydrogens (tertiary/aromatic N) is 2. The van der Waals surface area contributed by atoms with E-state index in [4.69, 9.17) is 4.74 Å². The molecule has 2 aliphatic rings. The van der Waals surface area contributed by atoms with Crippen LogP contribution in [0.4, 0.5) is 0 Å². The van der Waals surface area contributed by atoms with Gasteiger partial charge in [0.1, 0.15) is 5.82 Å². The van der Waals surface area contributed by atoms with Gasteiger partial charge < -0.3 is 10.1 Å². The predicted molar refractivity (Wildman–Crippen MR) is 69.3 cm³/mol. The number of aryl methyl sites for hydroxylation is 1. The van der Waals surface area contributed by atoms with Crippen molar-refractivity contribution in [1.82, 2.24) is 15.3 Å². The van der Waals surface area contributed by atoms with E-state index in [1.807, 2.05) is 6.20 Å². The lowest BCUT2D eigenvalue weighted by atomic mass is 10.0. The van der Waals surface area contributed by atoms with Gasteiger partial charge in [0.2, 0.25) is 0 Å². The van der Waals surface area contributed by atoms with Gasteiger partial charge in [-0.05, 0) is 32.1 Å². The molecule has 1 aromatic rings. The van der Waals surface area contributed by atoms with Crippen LogP contribution < -0.4 is 5.32 Å². The molecule has 1 saturated heterocycles. The Labute approximate surface area is 108 Å². The number of nitrogens with one attached hydrogen (secondary N) is 1. The van der Waals surface area contributed by atoms with Gasteiger partial charge in [0.25, 0.3) is 0 Å². The Morgan fingerprint density at radius 3 is 2.94 bits per heavy atom. The zero-order valence-electron chi connectivity index (χ0n) is 11.0. The molecule has 0 radical (unpaired) electrons. The third-order valence-corrected chi connectivity index (χ3v) is 3.78. The first-order valence-electron chi connectivity index (χ1n) is 6.94. The lowest BCUT2D eigenvalue weighted by molar-refractivity contribution is 0.185. The van der Waals surface area contributed by atoms with Gasteiger partial charge in [0.15, 0.2) is 0 Å². The van der Waals surface area contributed by atoms with Crippen LogP contribution in [0.25, 0.3) is 0 Å². The SMILES string of the molecule is Cc1nc(CC2CCOC2)ncc1CNC1CC1. The molecule has 1 saturated carbocycles. The van der Waals surface area contributed by atoms with Crippen molar-refractivity contribution < 1.29 is 4.74 Å². The molecule has 0 bridgehead atoms. The van der Waals surface area contributed by atoms with Crippen LogP contribution in [-0.4, -0.2) is 29.2 Å². The third-order valence-electron chi connectivity index (χ3n) is 3.78. The average molecular weight is 247 g/mol. The third kappa shape index (κ3) is 3.06. The van der Waals surface area contributed by atoms with E-state index in [2.05, 4.69) is 22.2 Å². The van der Waals surface area contributed by atoms with E-state index in [-0.39, 0.29) is 0 Å². The van der Waals surface area contributed by atoms with Crippen LogP contribution in [0.2, 0.25) is 0 Å². The fraction of sp³-hybridized carbons (Fsp3) is 0.714. The fourth-order valence-electron chi connectivity index (χ4n) is 2.36. The van der Waals surface area contributed by atoms with Crippen molar-refractivity contribution in [3.05, 3.63) is 23.3 Å². The van der Waals surface area contributed by atoms with Gasteiger partial charge in [-0.1, -0.05) is 0 Å². The predicted octanol–water partition coefficient (Wildman–Crippen LogP) is 1.62. The molecular formula is C14H21N3O. The number of ether oxygens (including phenoxy) is 1. The normalized spacial score (nSPS) is 23.5. The molecule has 0 spiro atoms. The second kappa shape index (κ2) is 5.33. The van der Waals surface area contributed by atoms with Gasteiger partial charge in [0, 0.05) is 49.7 Å². The Balaban J connectivity index is 1.59. The number of aromatic nitrogens is 2. The molecule has 1 N–H and O–H groups in total. The molecule has 4 nitrogen and oxygen atoms in total. The van der Waals surface area contributed by atoms with E-state index < -0.39 is 0 Å². The van der Waals surface area contributed by atoms with Crippen molar-refractivity contribution in [2.24, 2.45) is 5.92 Å². The molecule has 0 aromatic carbocycles. The highest BCUT2D eigenvalue weighted by molar-refractivity contribution is 5.16. The molecular weight excluding hydrogens is 226 g/mol. The largest absolute Gasteiger partial charge is 0.381 e.